The van der Waals surface area contributed by atoms with Crippen molar-refractivity contribution in [3.8, 4) is 0 Å². The van der Waals surface area contributed by atoms with Gasteiger partial charge in [0.1, 0.15) is 0 Å². The number of hydrogen-bond donors (Lipinski definition) is 1. The van der Waals surface area contributed by atoms with E-state index in [0.717, 1.165) is 25.7 Å². The van der Waals surface area contributed by atoms with Gasteiger partial charge in [-0.15, -0.1) is 0 Å². The van der Waals surface area contributed by atoms with Crippen molar-refractivity contribution in [2.75, 3.05) is 19.8 Å². The normalized spacial score (nSPS) is 21.0. The molecule has 1 heterocycles. The van der Waals surface area contributed by atoms with Crippen LogP contribution in [0.25, 0.3) is 0 Å². The van der Waals surface area contributed by atoms with Crippen LogP contribution < -0.4 is 5.32 Å². The SMILES string of the molecule is CCNC(C)CCCC1CCOCC1. The molecule has 2 nitrogen and oxygen atoms in total. The smallest absolute Gasteiger partial charge is 0.0468 e. The molecule has 0 amide bonds. The Bertz CT molecular complexity index is 132. The van der Waals surface area contributed by atoms with Gasteiger partial charge in [0.25, 0.3) is 0 Å². The van der Waals surface area contributed by atoms with Crippen LogP contribution in [0.3, 0.4) is 0 Å². The van der Waals surface area contributed by atoms with E-state index < -0.39 is 0 Å². The molecule has 1 aliphatic heterocycles. The molecule has 2 heteroatoms. The molecular formula is C12H25NO. The van der Waals surface area contributed by atoms with Crippen molar-refractivity contribution in [1.29, 1.82) is 0 Å². The highest BCUT2D eigenvalue weighted by Crippen LogP contribution is 2.21. The van der Waals surface area contributed by atoms with Gasteiger partial charge in [0.15, 0.2) is 0 Å². The van der Waals surface area contributed by atoms with Crippen molar-refractivity contribution in [1.82, 2.24) is 5.32 Å². The van der Waals surface area contributed by atoms with Crippen LogP contribution in [0.2, 0.25) is 0 Å². The molecule has 14 heavy (non-hydrogen) atoms. The standard InChI is InChI=1S/C12H25NO/c1-3-13-11(2)5-4-6-12-7-9-14-10-8-12/h11-13H,3-10H2,1-2H3. The zero-order valence-electron chi connectivity index (χ0n) is 9.72. The maximum Gasteiger partial charge on any atom is 0.0468 e. The monoisotopic (exact) mass is 199 g/mol. The van der Waals surface area contributed by atoms with Crippen LogP contribution in [0.15, 0.2) is 0 Å². The van der Waals surface area contributed by atoms with Gasteiger partial charge in [-0.1, -0.05) is 19.8 Å². The Labute approximate surface area is 88.4 Å². The molecular weight excluding hydrogens is 174 g/mol. The molecule has 0 aromatic carbocycles. The molecule has 0 aromatic rings. The van der Waals surface area contributed by atoms with E-state index in [1.165, 1.54) is 32.1 Å². The Morgan fingerprint density at radius 2 is 2.07 bits per heavy atom. The Morgan fingerprint density at radius 3 is 2.71 bits per heavy atom. The second kappa shape index (κ2) is 7.24. The molecule has 0 saturated carbocycles. The first kappa shape index (κ1) is 12.0. The van der Waals surface area contributed by atoms with Crippen molar-refractivity contribution in [2.24, 2.45) is 5.92 Å². The molecule has 0 radical (unpaired) electrons. The molecule has 1 N–H and O–H groups in total. The van der Waals surface area contributed by atoms with Gasteiger partial charge >= 0.3 is 0 Å². The fourth-order valence-electron chi connectivity index (χ4n) is 2.20. The van der Waals surface area contributed by atoms with Crippen molar-refractivity contribution in [2.45, 2.75) is 52.0 Å². The summed E-state index contributed by atoms with van der Waals surface area (Å²) in [7, 11) is 0. The van der Waals surface area contributed by atoms with Gasteiger partial charge in [-0.25, -0.2) is 0 Å². The fraction of sp³-hybridized carbons (Fsp3) is 1.00. The summed E-state index contributed by atoms with van der Waals surface area (Å²) in [6.07, 6.45) is 6.67. The molecule has 1 atom stereocenters. The molecule has 1 unspecified atom stereocenters. The predicted molar refractivity (Wildman–Crippen MR) is 60.5 cm³/mol. The van der Waals surface area contributed by atoms with Crippen LogP contribution in [0, 0.1) is 5.92 Å². The summed E-state index contributed by atoms with van der Waals surface area (Å²) in [6.45, 7) is 7.54. The summed E-state index contributed by atoms with van der Waals surface area (Å²) in [6, 6.07) is 0.694. The van der Waals surface area contributed by atoms with Gasteiger partial charge in [-0.3, -0.25) is 0 Å². The first-order chi connectivity index (χ1) is 6.83. The van der Waals surface area contributed by atoms with Crippen molar-refractivity contribution < 1.29 is 4.74 Å². The summed E-state index contributed by atoms with van der Waals surface area (Å²) in [5, 5.41) is 3.46. The van der Waals surface area contributed by atoms with Gasteiger partial charge in [0.05, 0.1) is 0 Å². The fourth-order valence-corrected chi connectivity index (χ4v) is 2.20. The van der Waals surface area contributed by atoms with Gasteiger partial charge < -0.3 is 10.1 Å². The van der Waals surface area contributed by atoms with E-state index in [0.29, 0.717) is 6.04 Å². The van der Waals surface area contributed by atoms with Crippen molar-refractivity contribution >= 4 is 0 Å². The number of ether oxygens (including phenoxy) is 1. The minimum Gasteiger partial charge on any atom is -0.381 e. The Kier molecular flexibility index (Phi) is 6.20. The maximum atomic E-state index is 5.35. The number of nitrogens with one attached hydrogen (secondary N) is 1. The Balaban J connectivity index is 1.96. The quantitative estimate of drug-likeness (QED) is 0.710. The minimum atomic E-state index is 0.694. The van der Waals surface area contributed by atoms with E-state index >= 15 is 0 Å². The van der Waals surface area contributed by atoms with Crippen LogP contribution in [0.5, 0.6) is 0 Å². The lowest BCUT2D eigenvalue weighted by Gasteiger charge is -2.22. The van der Waals surface area contributed by atoms with E-state index in [9.17, 15) is 0 Å². The van der Waals surface area contributed by atoms with Crippen LogP contribution >= 0.6 is 0 Å². The maximum absolute atomic E-state index is 5.35. The van der Waals surface area contributed by atoms with E-state index in [1.54, 1.807) is 0 Å². The molecule has 1 rings (SSSR count). The third-order valence-electron chi connectivity index (χ3n) is 3.14. The van der Waals surface area contributed by atoms with Crippen LogP contribution in [0.1, 0.15) is 46.0 Å². The lowest BCUT2D eigenvalue weighted by Crippen LogP contribution is -2.25. The molecule has 1 saturated heterocycles. The third-order valence-corrected chi connectivity index (χ3v) is 3.14. The summed E-state index contributed by atoms with van der Waals surface area (Å²) in [5.41, 5.74) is 0. The topological polar surface area (TPSA) is 21.3 Å². The highest BCUT2D eigenvalue weighted by molar-refractivity contribution is 4.66. The molecule has 1 aliphatic rings. The highest BCUT2D eigenvalue weighted by atomic mass is 16.5. The molecule has 0 aliphatic carbocycles. The summed E-state index contributed by atoms with van der Waals surface area (Å²) in [5.74, 6) is 0.942. The zero-order valence-corrected chi connectivity index (χ0v) is 9.72. The largest absolute Gasteiger partial charge is 0.381 e. The van der Waals surface area contributed by atoms with E-state index in [1.807, 2.05) is 0 Å². The van der Waals surface area contributed by atoms with Gasteiger partial charge in [-0.2, -0.15) is 0 Å². The lowest BCUT2D eigenvalue weighted by molar-refractivity contribution is 0.0630. The Morgan fingerprint density at radius 1 is 1.36 bits per heavy atom. The second-order valence-corrected chi connectivity index (χ2v) is 4.45. The second-order valence-electron chi connectivity index (χ2n) is 4.45. The number of rotatable bonds is 6. The molecule has 0 spiro atoms. The summed E-state index contributed by atoms with van der Waals surface area (Å²) < 4.78 is 5.35. The predicted octanol–water partition coefficient (Wildman–Crippen LogP) is 2.58. The Hall–Kier alpha value is -0.0800. The average Bonchev–Trinajstić information content (AvgIpc) is 2.20. The van der Waals surface area contributed by atoms with Crippen molar-refractivity contribution in [3.05, 3.63) is 0 Å². The third kappa shape index (κ3) is 4.97. The van der Waals surface area contributed by atoms with Crippen LogP contribution in [0.4, 0.5) is 0 Å². The summed E-state index contributed by atoms with van der Waals surface area (Å²) >= 11 is 0. The number of hydrogen-bond acceptors (Lipinski definition) is 2. The zero-order chi connectivity index (χ0) is 10.2. The molecule has 84 valence electrons. The first-order valence-electron chi connectivity index (χ1n) is 6.14. The van der Waals surface area contributed by atoms with Crippen LogP contribution in [-0.4, -0.2) is 25.8 Å². The molecule has 1 fully saturated rings. The van der Waals surface area contributed by atoms with Gasteiger partial charge in [0.2, 0.25) is 0 Å². The summed E-state index contributed by atoms with van der Waals surface area (Å²) in [4.78, 5) is 0. The first-order valence-corrected chi connectivity index (χ1v) is 6.14. The van der Waals surface area contributed by atoms with Crippen LogP contribution in [-0.2, 0) is 4.74 Å². The van der Waals surface area contributed by atoms with E-state index in [2.05, 4.69) is 19.2 Å². The van der Waals surface area contributed by atoms with Gasteiger partial charge in [0, 0.05) is 19.3 Å². The average molecular weight is 199 g/mol. The minimum absolute atomic E-state index is 0.694. The lowest BCUT2D eigenvalue weighted by atomic mass is 9.93. The molecule has 0 bridgehead atoms. The van der Waals surface area contributed by atoms with E-state index in [4.69, 9.17) is 4.74 Å². The molecule has 0 aromatic heterocycles. The van der Waals surface area contributed by atoms with E-state index in [-0.39, 0.29) is 0 Å². The van der Waals surface area contributed by atoms with Gasteiger partial charge in [-0.05, 0) is 38.6 Å². The highest BCUT2D eigenvalue weighted by Gasteiger charge is 2.13. The van der Waals surface area contributed by atoms with Crippen molar-refractivity contribution in [3.63, 3.8) is 0 Å².